The van der Waals surface area contributed by atoms with E-state index in [4.69, 9.17) is 5.73 Å². The highest BCUT2D eigenvalue weighted by atomic mass is 16.3. The van der Waals surface area contributed by atoms with Gasteiger partial charge in [0, 0.05) is 13.1 Å². The summed E-state index contributed by atoms with van der Waals surface area (Å²) in [4.78, 5) is 24.1. The van der Waals surface area contributed by atoms with Crippen LogP contribution in [0.15, 0.2) is 0 Å². The van der Waals surface area contributed by atoms with Gasteiger partial charge < -0.3 is 21.1 Å². The van der Waals surface area contributed by atoms with E-state index in [0.29, 0.717) is 19.5 Å². The predicted octanol–water partition coefficient (Wildman–Crippen LogP) is -1.57. The lowest BCUT2D eigenvalue weighted by molar-refractivity contribution is -0.138. The van der Waals surface area contributed by atoms with Crippen LogP contribution in [0.1, 0.15) is 19.8 Å². The molecule has 0 aliphatic carbocycles. The van der Waals surface area contributed by atoms with Crippen molar-refractivity contribution in [2.75, 3.05) is 26.2 Å². The molecule has 4 N–H and O–H groups in total. The van der Waals surface area contributed by atoms with Gasteiger partial charge in [0.25, 0.3) is 0 Å². The molecule has 16 heavy (non-hydrogen) atoms. The van der Waals surface area contributed by atoms with Crippen molar-refractivity contribution in [1.29, 1.82) is 0 Å². The number of piperidine rings is 1. The molecule has 1 saturated heterocycles. The van der Waals surface area contributed by atoms with Gasteiger partial charge >= 0.3 is 0 Å². The highest BCUT2D eigenvalue weighted by molar-refractivity contribution is 5.85. The van der Waals surface area contributed by atoms with Gasteiger partial charge in [0.1, 0.15) is 0 Å². The predicted molar refractivity (Wildman–Crippen MR) is 58.5 cm³/mol. The molecule has 1 fully saturated rings. The Hall–Kier alpha value is -1.14. The zero-order valence-corrected chi connectivity index (χ0v) is 9.53. The number of aliphatic hydroxyl groups is 1. The van der Waals surface area contributed by atoms with E-state index in [1.54, 1.807) is 11.8 Å². The SMILES string of the molecule is CC1(O)CCCN(C(=O)CNC(=O)CN)C1. The van der Waals surface area contributed by atoms with E-state index in [1.165, 1.54) is 0 Å². The van der Waals surface area contributed by atoms with E-state index >= 15 is 0 Å². The van der Waals surface area contributed by atoms with Gasteiger partial charge in [-0.05, 0) is 19.8 Å². The summed E-state index contributed by atoms with van der Waals surface area (Å²) in [6.07, 6.45) is 1.48. The third kappa shape index (κ3) is 3.79. The maximum Gasteiger partial charge on any atom is 0.242 e. The molecule has 0 spiro atoms. The van der Waals surface area contributed by atoms with E-state index in [2.05, 4.69) is 5.32 Å². The number of hydrogen-bond donors (Lipinski definition) is 3. The smallest absolute Gasteiger partial charge is 0.242 e. The van der Waals surface area contributed by atoms with E-state index < -0.39 is 5.60 Å². The zero-order valence-electron chi connectivity index (χ0n) is 9.53. The van der Waals surface area contributed by atoms with Crippen LogP contribution in [0.4, 0.5) is 0 Å². The van der Waals surface area contributed by atoms with Crippen molar-refractivity contribution >= 4 is 11.8 Å². The van der Waals surface area contributed by atoms with Gasteiger partial charge in [-0.15, -0.1) is 0 Å². The van der Waals surface area contributed by atoms with Crippen LogP contribution < -0.4 is 11.1 Å². The lowest BCUT2D eigenvalue weighted by atomic mass is 9.95. The van der Waals surface area contributed by atoms with Crippen molar-refractivity contribution in [2.45, 2.75) is 25.4 Å². The lowest BCUT2D eigenvalue weighted by Gasteiger charge is -2.36. The third-order valence-electron chi connectivity index (χ3n) is 2.65. The van der Waals surface area contributed by atoms with Crippen LogP contribution in [0.3, 0.4) is 0 Å². The fourth-order valence-electron chi connectivity index (χ4n) is 1.79. The highest BCUT2D eigenvalue weighted by Gasteiger charge is 2.30. The largest absolute Gasteiger partial charge is 0.388 e. The maximum atomic E-state index is 11.7. The van der Waals surface area contributed by atoms with Crippen molar-refractivity contribution in [2.24, 2.45) is 5.73 Å². The Labute approximate surface area is 94.8 Å². The Balaban J connectivity index is 2.39. The molecule has 2 amide bonds. The highest BCUT2D eigenvalue weighted by Crippen LogP contribution is 2.19. The summed E-state index contributed by atoms with van der Waals surface area (Å²) in [5, 5.41) is 12.2. The van der Waals surface area contributed by atoms with E-state index in [-0.39, 0.29) is 24.9 Å². The van der Waals surface area contributed by atoms with Gasteiger partial charge in [0.15, 0.2) is 0 Å². The molecular weight excluding hydrogens is 210 g/mol. The van der Waals surface area contributed by atoms with Gasteiger partial charge in [-0.25, -0.2) is 0 Å². The van der Waals surface area contributed by atoms with E-state index in [0.717, 1.165) is 6.42 Å². The number of nitrogens with two attached hydrogens (primary N) is 1. The first-order valence-electron chi connectivity index (χ1n) is 5.41. The number of hydrogen-bond acceptors (Lipinski definition) is 4. The van der Waals surface area contributed by atoms with Crippen LogP contribution in [-0.2, 0) is 9.59 Å². The topological polar surface area (TPSA) is 95.7 Å². The molecule has 1 rings (SSSR count). The van der Waals surface area contributed by atoms with Crippen LogP contribution in [0, 0.1) is 0 Å². The molecule has 1 heterocycles. The van der Waals surface area contributed by atoms with Crippen LogP contribution >= 0.6 is 0 Å². The monoisotopic (exact) mass is 229 g/mol. The molecule has 6 nitrogen and oxygen atoms in total. The summed E-state index contributed by atoms with van der Waals surface area (Å²) in [6, 6.07) is 0. The summed E-state index contributed by atoms with van der Waals surface area (Å²) in [7, 11) is 0. The quantitative estimate of drug-likeness (QED) is 0.545. The molecular formula is C10H19N3O3. The molecule has 0 aromatic heterocycles. The average molecular weight is 229 g/mol. The van der Waals surface area contributed by atoms with Crippen LogP contribution in [0.25, 0.3) is 0 Å². The minimum Gasteiger partial charge on any atom is -0.388 e. The van der Waals surface area contributed by atoms with Crippen molar-refractivity contribution in [3.8, 4) is 0 Å². The second-order valence-electron chi connectivity index (χ2n) is 4.40. The molecule has 92 valence electrons. The first-order chi connectivity index (χ1) is 7.44. The van der Waals surface area contributed by atoms with Crippen molar-refractivity contribution < 1.29 is 14.7 Å². The van der Waals surface area contributed by atoms with E-state index in [9.17, 15) is 14.7 Å². The Bertz CT molecular complexity index is 278. The fourth-order valence-corrected chi connectivity index (χ4v) is 1.79. The molecule has 0 radical (unpaired) electrons. The summed E-state index contributed by atoms with van der Waals surface area (Å²) < 4.78 is 0. The van der Waals surface area contributed by atoms with Crippen molar-refractivity contribution in [1.82, 2.24) is 10.2 Å². The number of nitrogens with zero attached hydrogens (tertiary/aromatic N) is 1. The standard InChI is InChI=1S/C10H19N3O3/c1-10(16)3-2-4-13(7-10)9(15)6-12-8(14)5-11/h16H,2-7,11H2,1H3,(H,12,14). The summed E-state index contributed by atoms with van der Waals surface area (Å²) in [5.41, 5.74) is 4.29. The average Bonchev–Trinajstić information content (AvgIpc) is 2.23. The zero-order chi connectivity index (χ0) is 12.2. The van der Waals surface area contributed by atoms with Gasteiger partial charge in [0.2, 0.25) is 11.8 Å². The lowest BCUT2D eigenvalue weighted by Crippen LogP contribution is -2.51. The molecule has 0 saturated carbocycles. The first-order valence-corrected chi connectivity index (χ1v) is 5.41. The minimum atomic E-state index is -0.814. The second-order valence-corrected chi connectivity index (χ2v) is 4.40. The number of carbonyl (C=O) groups excluding carboxylic acids is 2. The van der Waals surface area contributed by atoms with Gasteiger partial charge in [-0.3, -0.25) is 9.59 Å². The number of likely N-dealkylation sites (tertiary alicyclic amines) is 1. The Morgan fingerprint density at radius 2 is 2.25 bits per heavy atom. The Morgan fingerprint density at radius 1 is 1.56 bits per heavy atom. The molecule has 0 aromatic carbocycles. The number of β-amino-alcohol motifs (C(OH)–C–C–N with tert-alkyl or cyclic N) is 1. The molecule has 1 unspecified atom stereocenters. The van der Waals surface area contributed by atoms with Crippen LogP contribution in [0.2, 0.25) is 0 Å². The van der Waals surface area contributed by atoms with E-state index in [1.807, 2.05) is 0 Å². The Kier molecular flexibility index (Phi) is 4.26. The first kappa shape index (κ1) is 12.9. The summed E-state index contributed by atoms with van der Waals surface area (Å²) >= 11 is 0. The van der Waals surface area contributed by atoms with Gasteiger partial charge in [-0.2, -0.15) is 0 Å². The molecule has 1 aliphatic heterocycles. The van der Waals surface area contributed by atoms with Crippen molar-refractivity contribution in [3.63, 3.8) is 0 Å². The van der Waals surface area contributed by atoms with Crippen LogP contribution in [0.5, 0.6) is 0 Å². The number of carbonyl (C=O) groups is 2. The molecule has 6 heteroatoms. The Morgan fingerprint density at radius 3 is 2.81 bits per heavy atom. The van der Waals surface area contributed by atoms with Gasteiger partial charge in [0.05, 0.1) is 18.7 Å². The summed E-state index contributed by atoms with van der Waals surface area (Å²) in [5.74, 6) is -0.529. The normalized spacial score (nSPS) is 25.3. The number of amides is 2. The second kappa shape index (κ2) is 5.27. The number of rotatable bonds is 3. The van der Waals surface area contributed by atoms with Gasteiger partial charge in [-0.1, -0.05) is 0 Å². The van der Waals surface area contributed by atoms with Crippen molar-refractivity contribution in [3.05, 3.63) is 0 Å². The molecule has 1 aliphatic rings. The molecule has 1 atom stereocenters. The minimum absolute atomic E-state index is 0.0495. The molecule has 0 bridgehead atoms. The number of nitrogens with one attached hydrogen (secondary N) is 1. The van der Waals surface area contributed by atoms with Crippen LogP contribution in [-0.4, -0.2) is 53.6 Å². The molecule has 0 aromatic rings. The fraction of sp³-hybridized carbons (Fsp3) is 0.800. The maximum absolute atomic E-state index is 11.7. The third-order valence-corrected chi connectivity index (χ3v) is 2.65. The summed E-state index contributed by atoms with van der Waals surface area (Å²) in [6.45, 7) is 2.50.